The highest BCUT2D eigenvalue weighted by Gasteiger charge is 2.03. The predicted molar refractivity (Wildman–Crippen MR) is 55.0 cm³/mol. The molecule has 1 aromatic rings. The SMILES string of the molecule is COc1ccnc(NCCS(N)(=O)=O)n1. The number of primary sulfonamides is 1. The molecule has 0 radical (unpaired) electrons. The zero-order valence-electron chi connectivity index (χ0n) is 8.17. The molecule has 0 atom stereocenters. The monoisotopic (exact) mass is 232 g/mol. The van der Waals surface area contributed by atoms with Crippen LogP contribution in [0.5, 0.6) is 5.88 Å². The first kappa shape index (κ1) is 11.7. The Morgan fingerprint density at radius 1 is 1.60 bits per heavy atom. The molecule has 1 aromatic heterocycles. The first-order chi connectivity index (χ1) is 7.01. The van der Waals surface area contributed by atoms with Crippen LogP contribution in [-0.2, 0) is 10.0 Å². The van der Waals surface area contributed by atoms with Gasteiger partial charge in [-0.15, -0.1) is 0 Å². The summed E-state index contributed by atoms with van der Waals surface area (Å²) >= 11 is 0. The maximum atomic E-state index is 10.6. The molecular weight excluding hydrogens is 220 g/mol. The molecule has 1 rings (SSSR count). The van der Waals surface area contributed by atoms with Gasteiger partial charge in [0.2, 0.25) is 21.9 Å². The van der Waals surface area contributed by atoms with Crippen LogP contribution in [0.4, 0.5) is 5.95 Å². The summed E-state index contributed by atoms with van der Waals surface area (Å²) in [6.07, 6.45) is 1.51. The molecule has 0 amide bonds. The van der Waals surface area contributed by atoms with Crippen LogP contribution >= 0.6 is 0 Å². The van der Waals surface area contributed by atoms with Crippen molar-refractivity contribution >= 4 is 16.0 Å². The van der Waals surface area contributed by atoms with Gasteiger partial charge >= 0.3 is 0 Å². The van der Waals surface area contributed by atoms with Crippen molar-refractivity contribution in [2.75, 3.05) is 24.7 Å². The summed E-state index contributed by atoms with van der Waals surface area (Å²) in [5.74, 6) is 0.536. The Kier molecular flexibility index (Phi) is 3.81. The van der Waals surface area contributed by atoms with Crippen LogP contribution in [0.15, 0.2) is 12.3 Å². The summed E-state index contributed by atoms with van der Waals surface area (Å²) in [4.78, 5) is 7.80. The lowest BCUT2D eigenvalue weighted by Crippen LogP contribution is -2.22. The Bertz CT molecular complexity index is 420. The summed E-state index contributed by atoms with van der Waals surface area (Å²) in [6.45, 7) is 0.159. The minimum atomic E-state index is -3.46. The van der Waals surface area contributed by atoms with Crippen molar-refractivity contribution in [3.05, 3.63) is 12.3 Å². The van der Waals surface area contributed by atoms with E-state index in [1.165, 1.54) is 13.3 Å². The highest BCUT2D eigenvalue weighted by Crippen LogP contribution is 2.06. The predicted octanol–water partition coefficient (Wildman–Crippen LogP) is -0.814. The van der Waals surface area contributed by atoms with Crippen molar-refractivity contribution in [2.24, 2.45) is 5.14 Å². The molecule has 0 aromatic carbocycles. The molecule has 0 unspecified atom stereocenters. The lowest BCUT2D eigenvalue weighted by molar-refractivity contribution is 0.397. The van der Waals surface area contributed by atoms with Crippen LogP contribution in [0.1, 0.15) is 0 Å². The van der Waals surface area contributed by atoms with Gasteiger partial charge in [-0.2, -0.15) is 4.98 Å². The molecule has 3 N–H and O–H groups in total. The first-order valence-electron chi connectivity index (χ1n) is 4.12. The highest BCUT2D eigenvalue weighted by molar-refractivity contribution is 7.89. The number of rotatable bonds is 5. The first-order valence-corrected chi connectivity index (χ1v) is 5.84. The van der Waals surface area contributed by atoms with Crippen molar-refractivity contribution < 1.29 is 13.2 Å². The summed E-state index contributed by atoms with van der Waals surface area (Å²) in [5.41, 5.74) is 0. The molecule has 0 bridgehead atoms. The van der Waals surface area contributed by atoms with Gasteiger partial charge < -0.3 is 10.1 Å². The Morgan fingerprint density at radius 3 is 2.93 bits per heavy atom. The van der Waals surface area contributed by atoms with Crippen LogP contribution < -0.4 is 15.2 Å². The van der Waals surface area contributed by atoms with E-state index in [0.29, 0.717) is 11.8 Å². The Balaban J connectivity index is 2.51. The Morgan fingerprint density at radius 2 is 2.33 bits per heavy atom. The molecule has 0 aliphatic carbocycles. The third kappa shape index (κ3) is 4.56. The van der Waals surface area contributed by atoms with E-state index < -0.39 is 10.0 Å². The van der Waals surface area contributed by atoms with Crippen molar-refractivity contribution in [1.82, 2.24) is 9.97 Å². The summed E-state index contributed by atoms with van der Waals surface area (Å²) < 4.78 is 26.1. The average Bonchev–Trinajstić information content (AvgIpc) is 2.16. The molecule has 0 saturated heterocycles. The van der Waals surface area contributed by atoms with Crippen LogP contribution in [-0.4, -0.2) is 37.8 Å². The zero-order chi connectivity index (χ0) is 11.3. The van der Waals surface area contributed by atoms with Crippen LogP contribution in [0.3, 0.4) is 0 Å². The van der Waals surface area contributed by atoms with Gasteiger partial charge in [-0.1, -0.05) is 0 Å². The number of anilines is 1. The highest BCUT2D eigenvalue weighted by atomic mass is 32.2. The van der Waals surface area contributed by atoms with Gasteiger partial charge in [-0.05, 0) is 0 Å². The third-order valence-electron chi connectivity index (χ3n) is 1.51. The minimum absolute atomic E-state index is 0.159. The van der Waals surface area contributed by atoms with Gasteiger partial charge in [-0.25, -0.2) is 18.5 Å². The van der Waals surface area contributed by atoms with E-state index in [2.05, 4.69) is 15.3 Å². The van der Waals surface area contributed by atoms with Crippen LogP contribution in [0.2, 0.25) is 0 Å². The quantitative estimate of drug-likeness (QED) is 0.687. The molecule has 0 fully saturated rings. The number of ether oxygens (including phenoxy) is 1. The second-order valence-electron chi connectivity index (χ2n) is 2.72. The molecular formula is C7H12N4O3S. The molecule has 84 valence electrons. The van der Waals surface area contributed by atoms with Crippen LogP contribution in [0.25, 0.3) is 0 Å². The Hall–Kier alpha value is -1.41. The third-order valence-corrected chi connectivity index (χ3v) is 2.28. The average molecular weight is 232 g/mol. The zero-order valence-corrected chi connectivity index (χ0v) is 8.99. The fourth-order valence-corrected chi connectivity index (χ4v) is 1.23. The smallest absolute Gasteiger partial charge is 0.225 e. The second kappa shape index (κ2) is 4.89. The molecule has 0 saturated carbocycles. The number of methoxy groups -OCH3 is 1. The molecule has 8 heteroatoms. The maximum Gasteiger partial charge on any atom is 0.225 e. The normalized spacial score (nSPS) is 11.1. The fraction of sp³-hybridized carbons (Fsp3) is 0.429. The van der Waals surface area contributed by atoms with Crippen molar-refractivity contribution in [3.63, 3.8) is 0 Å². The lowest BCUT2D eigenvalue weighted by Gasteiger charge is -2.04. The number of hydrogen-bond donors (Lipinski definition) is 2. The van der Waals surface area contributed by atoms with E-state index in [1.807, 2.05) is 0 Å². The van der Waals surface area contributed by atoms with Crippen molar-refractivity contribution in [2.45, 2.75) is 0 Å². The summed E-state index contributed by atoms with van der Waals surface area (Å²) in [6, 6.07) is 1.59. The van der Waals surface area contributed by atoms with E-state index in [9.17, 15) is 8.42 Å². The molecule has 7 nitrogen and oxygen atoms in total. The molecule has 0 aliphatic rings. The molecule has 0 aliphatic heterocycles. The molecule has 15 heavy (non-hydrogen) atoms. The number of sulfonamides is 1. The van der Waals surface area contributed by atoms with Gasteiger partial charge in [0.15, 0.2) is 0 Å². The van der Waals surface area contributed by atoms with E-state index in [4.69, 9.17) is 9.88 Å². The Labute approximate surface area is 87.7 Å². The second-order valence-corrected chi connectivity index (χ2v) is 4.45. The van der Waals surface area contributed by atoms with Gasteiger partial charge in [0.1, 0.15) is 0 Å². The standard InChI is InChI=1S/C7H12N4O3S/c1-14-6-2-3-9-7(11-6)10-4-5-15(8,12)13/h2-3H,4-5H2,1H3,(H2,8,12,13)(H,9,10,11). The number of nitrogens with zero attached hydrogens (tertiary/aromatic N) is 2. The largest absolute Gasteiger partial charge is 0.481 e. The topological polar surface area (TPSA) is 107 Å². The van der Waals surface area contributed by atoms with E-state index >= 15 is 0 Å². The summed E-state index contributed by atoms with van der Waals surface area (Å²) in [7, 11) is -1.98. The van der Waals surface area contributed by atoms with Gasteiger partial charge in [0.25, 0.3) is 0 Å². The number of nitrogens with two attached hydrogens (primary N) is 1. The summed E-state index contributed by atoms with van der Waals surface area (Å²) in [5, 5.41) is 7.54. The molecule has 0 spiro atoms. The maximum absolute atomic E-state index is 10.6. The van der Waals surface area contributed by atoms with Gasteiger partial charge in [0, 0.05) is 18.8 Å². The molecule has 1 heterocycles. The van der Waals surface area contributed by atoms with E-state index in [-0.39, 0.29) is 12.3 Å². The van der Waals surface area contributed by atoms with Crippen molar-refractivity contribution in [3.8, 4) is 5.88 Å². The number of aromatic nitrogens is 2. The van der Waals surface area contributed by atoms with Crippen LogP contribution in [0, 0.1) is 0 Å². The van der Waals surface area contributed by atoms with Crippen molar-refractivity contribution in [1.29, 1.82) is 0 Å². The van der Waals surface area contributed by atoms with E-state index in [1.54, 1.807) is 6.07 Å². The van der Waals surface area contributed by atoms with Gasteiger partial charge in [0.05, 0.1) is 12.9 Å². The minimum Gasteiger partial charge on any atom is -0.481 e. The number of nitrogens with one attached hydrogen (secondary N) is 1. The number of hydrogen-bond acceptors (Lipinski definition) is 6. The van der Waals surface area contributed by atoms with Gasteiger partial charge in [-0.3, -0.25) is 0 Å². The van der Waals surface area contributed by atoms with E-state index in [0.717, 1.165) is 0 Å². The fourth-order valence-electron chi connectivity index (χ4n) is 0.846. The lowest BCUT2D eigenvalue weighted by atomic mass is 10.6.